The average Bonchev–Trinajstić information content (AvgIpc) is 2.55. The molecule has 0 radical (unpaired) electrons. The van der Waals surface area contributed by atoms with Crippen LogP contribution in [0.1, 0.15) is 5.56 Å². The van der Waals surface area contributed by atoms with Crippen LogP contribution in [0.25, 0.3) is 11.3 Å². The minimum Gasteiger partial charge on any atom is -0.324 e. The number of nitrogens with zero attached hydrogens (tertiary/aromatic N) is 2. The van der Waals surface area contributed by atoms with Gasteiger partial charge in [0.05, 0.1) is 11.9 Å². The zero-order valence-corrected chi connectivity index (χ0v) is 16.0. The van der Waals surface area contributed by atoms with Gasteiger partial charge in [-0.2, -0.15) is 0 Å². The summed E-state index contributed by atoms with van der Waals surface area (Å²) in [5, 5.41) is 3.14. The van der Waals surface area contributed by atoms with Crippen LogP contribution in [0.2, 0.25) is 5.02 Å². The minimum absolute atomic E-state index is 0.00143. The molecule has 3 aromatic rings. The zero-order valence-electron chi connectivity index (χ0n) is 14.5. The number of rotatable bonds is 5. The maximum absolute atomic E-state index is 14.1. The molecule has 0 aliphatic heterocycles. The minimum atomic E-state index is -2.78. The fraction of sp³-hybridized carbons (Fsp3) is 0.111. The molecule has 2 N–H and O–H groups in total. The first-order valence-electron chi connectivity index (χ1n) is 7.86. The van der Waals surface area contributed by atoms with E-state index < -0.39 is 27.2 Å². The van der Waals surface area contributed by atoms with E-state index >= 15 is 0 Å². The molecule has 0 fully saturated rings. The van der Waals surface area contributed by atoms with Gasteiger partial charge in [0.25, 0.3) is 0 Å². The van der Waals surface area contributed by atoms with Crippen LogP contribution >= 0.6 is 11.6 Å². The van der Waals surface area contributed by atoms with Gasteiger partial charge in [0.15, 0.2) is 5.82 Å². The van der Waals surface area contributed by atoms with E-state index in [1.165, 1.54) is 12.3 Å². The Morgan fingerprint density at radius 2 is 1.89 bits per heavy atom. The molecule has 0 aliphatic rings. The van der Waals surface area contributed by atoms with Crippen LogP contribution in [0.3, 0.4) is 0 Å². The van der Waals surface area contributed by atoms with Crippen LogP contribution in [-0.4, -0.2) is 20.4 Å². The normalized spacial score (nSPS) is 13.2. The van der Waals surface area contributed by atoms with E-state index in [2.05, 4.69) is 15.3 Å². The van der Waals surface area contributed by atoms with Crippen molar-refractivity contribution in [1.82, 2.24) is 9.97 Å². The van der Waals surface area contributed by atoms with E-state index in [-0.39, 0.29) is 23.0 Å². The molecule has 0 saturated carbocycles. The molecule has 146 valence electrons. The Balaban J connectivity index is 1.96. The molecule has 0 saturated heterocycles. The van der Waals surface area contributed by atoms with Crippen LogP contribution in [-0.2, 0) is 15.5 Å². The molecule has 5 nitrogen and oxygen atoms in total. The third kappa shape index (κ3) is 4.99. The molecular weight excluding hydrogens is 413 g/mol. The summed E-state index contributed by atoms with van der Waals surface area (Å²) in [5.74, 6) is -2.66. The van der Waals surface area contributed by atoms with Gasteiger partial charge in [-0.1, -0.05) is 11.6 Å². The van der Waals surface area contributed by atoms with Crippen LogP contribution in [0.4, 0.5) is 24.8 Å². The summed E-state index contributed by atoms with van der Waals surface area (Å²) in [6, 6.07) is 7.44. The van der Waals surface area contributed by atoms with Crippen molar-refractivity contribution in [1.29, 1.82) is 4.78 Å². The lowest BCUT2D eigenvalue weighted by molar-refractivity contribution is 0.580. The van der Waals surface area contributed by atoms with Crippen molar-refractivity contribution in [2.45, 2.75) is 5.75 Å². The summed E-state index contributed by atoms with van der Waals surface area (Å²) in [6.45, 7) is 0. The highest BCUT2D eigenvalue weighted by Crippen LogP contribution is 2.27. The third-order valence-electron chi connectivity index (χ3n) is 3.59. The van der Waals surface area contributed by atoms with E-state index in [1.807, 2.05) is 0 Å². The molecule has 1 aromatic heterocycles. The van der Waals surface area contributed by atoms with E-state index in [0.29, 0.717) is 22.3 Å². The van der Waals surface area contributed by atoms with E-state index in [0.717, 1.165) is 18.3 Å². The van der Waals surface area contributed by atoms with Crippen molar-refractivity contribution in [2.24, 2.45) is 0 Å². The van der Waals surface area contributed by atoms with Crippen molar-refractivity contribution in [3.63, 3.8) is 0 Å². The summed E-state index contributed by atoms with van der Waals surface area (Å²) >= 11 is 6.05. The van der Waals surface area contributed by atoms with Crippen molar-refractivity contribution in [3.8, 4) is 11.3 Å². The summed E-state index contributed by atoms with van der Waals surface area (Å²) in [6.07, 6.45) is 2.18. The zero-order chi connectivity index (χ0) is 20.5. The molecular formula is C18H14ClF3N4OS. The fourth-order valence-corrected chi connectivity index (χ4v) is 3.61. The predicted molar refractivity (Wildman–Crippen MR) is 103 cm³/mol. The topological polar surface area (TPSA) is 78.7 Å². The van der Waals surface area contributed by atoms with E-state index in [4.69, 9.17) is 16.4 Å². The van der Waals surface area contributed by atoms with Gasteiger partial charge in [-0.15, -0.1) is 0 Å². The van der Waals surface area contributed by atoms with Gasteiger partial charge in [0.1, 0.15) is 17.3 Å². The number of aromatic nitrogens is 2. The quantitative estimate of drug-likeness (QED) is 0.592. The maximum Gasteiger partial charge on any atom is 0.227 e. The lowest BCUT2D eigenvalue weighted by atomic mass is 10.1. The smallest absolute Gasteiger partial charge is 0.227 e. The Labute approximate surface area is 164 Å². The highest BCUT2D eigenvalue weighted by molar-refractivity contribution is 7.90. The molecule has 2 aromatic carbocycles. The van der Waals surface area contributed by atoms with Crippen LogP contribution in [0.15, 0.2) is 42.6 Å². The highest BCUT2D eigenvalue weighted by Gasteiger charge is 2.15. The van der Waals surface area contributed by atoms with Crippen LogP contribution < -0.4 is 5.32 Å². The molecule has 10 heteroatoms. The molecule has 1 atom stereocenters. The fourth-order valence-electron chi connectivity index (χ4n) is 2.55. The Bertz CT molecular complexity index is 1160. The predicted octanol–water partition coefficient (Wildman–Crippen LogP) is 5.13. The van der Waals surface area contributed by atoms with Gasteiger partial charge < -0.3 is 5.32 Å². The molecule has 1 unspecified atom stereocenters. The second kappa shape index (κ2) is 7.76. The van der Waals surface area contributed by atoms with Gasteiger partial charge in [-0.3, -0.25) is 4.78 Å². The van der Waals surface area contributed by atoms with E-state index in [1.54, 1.807) is 12.1 Å². The summed E-state index contributed by atoms with van der Waals surface area (Å²) in [7, 11) is -2.78. The van der Waals surface area contributed by atoms with Gasteiger partial charge in [0, 0.05) is 38.3 Å². The van der Waals surface area contributed by atoms with Crippen molar-refractivity contribution >= 4 is 33.0 Å². The Hall–Kier alpha value is -2.65. The van der Waals surface area contributed by atoms with Gasteiger partial charge in [0.2, 0.25) is 5.95 Å². The molecule has 0 aliphatic carbocycles. The Morgan fingerprint density at radius 3 is 2.57 bits per heavy atom. The van der Waals surface area contributed by atoms with Crippen molar-refractivity contribution < 1.29 is 17.4 Å². The molecule has 0 spiro atoms. The number of anilines is 2. The number of hydrogen-bond acceptors (Lipinski definition) is 5. The van der Waals surface area contributed by atoms with E-state index in [9.17, 15) is 17.4 Å². The summed E-state index contributed by atoms with van der Waals surface area (Å²) < 4.78 is 60.4. The molecule has 0 bridgehead atoms. The standard InChI is InChI=1S/C18H14ClF3N4OS/c1-28(23,27)9-10-4-11(19)6-13(5-10)25-18-24-8-16(22)17(26-18)14-3-2-12(20)7-15(14)21/h2-8,23H,9H2,1H3,(H,24,25,26). The van der Waals surface area contributed by atoms with Crippen molar-refractivity contribution in [2.75, 3.05) is 11.6 Å². The number of nitrogens with one attached hydrogen (secondary N) is 2. The first-order valence-corrected chi connectivity index (χ1v) is 10.4. The maximum atomic E-state index is 14.1. The molecule has 1 heterocycles. The second-order valence-electron chi connectivity index (χ2n) is 6.14. The number of hydrogen-bond donors (Lipinski definition) is 2. The summed E-state index contributed by atoms with van der Waals surface area (Å²) in [4.78, 5) is 7.78. The largest absolute Gasteiger partial charge is 0.324 e. The highest BCUT2D eigenvalue weighted by atomic mass is 35.5. The van der Waals surface area contributed by atoms with Gasteiger partial charge >= 0.3 is 0 Å². The Morgan fingerprint density at radius 1 is 1.14 bits per heavy atom. The molecule has 0 amide bonds. The van der Waals surface area contributed by atoms with Crippen LogP contribution in [0, 0.1) is 22.2 Å². The Kier molecular flexibility index (Phi) is 5.57. The second-order valence-corrected chi connectivity index (χ2v) is 8.87. The van der Waals surface area contributed by atoms with Gasteiger partial charge in [-0.05, 0) is 35.9 Å². The first kappa shape index (κ1) is 20.1. The number of halogens is 4. The average molecular weight is 427 g/mol. The lowest BCUT2D eigenvalue weighted by Gasteiger charge is -2.10. The SMILES string of the molecule is CS(=N)(=O)Cc1cc(Cl)cc(Nc2ncc(F)c(-c3ccc(F)cc3F)n2)c1. The van der Waals surface area contributed by atoms with Crippen molar-refractivity contribution in [3.05, 3.63) is 70.6 Å². The van der Waals surface area contributed by atoms with Gasteiger partial charge in [-0.25, -0.2) is 27.3 Å². The lowest BCUT2D eigenvalue weighted by Crippen LogP contribution is -2.03. The number of benzene rings is 2. The third-order valence-corrected chi connectivity index (χ3v) is 4.69. The van der Waals surface area contributed by atoms with Crippen LogP contribution in [0.5, 0.6) is 0 Å². The first-order chi connectivity index (χ1) is 13.1. The summed E-state index contributed by atoms with van der Waals surface area (Å²) in [5.41, 5.74) is 0.434. The monoisotopic (exact) mass is 426 g/mol. The molecule has 28 heavy (non-hydrogen) atoms. The molecule has 3 rings (SSSR count).